The number of aromatic amines is 1. The molecular weight excluding hydrogens is 238 g/mol. The Morgan fingerprint density at radius 1 is 1.67 bits per heavy atom. The van der Waals surface area contributed by atoms with Crippen molar-refractivity contribution in [3.8, 4) is 0 Å². The van der Waals surface area contributed by atoms with Gasteiger partial charge in [0.1, 0.15) is 0 Å². The van der Waals surface area contributed by atoms with Gasteiger partial charge in [-0.2, -0.15) is 0 Å². The second-order valence-corrected chi connectivity index (χ2v) is 4.18. The van der Waals surface area contributed by atoms with Crippen molar-refractivity contribution in [2.75, 3.05) is 20.3 Å². The Morgan fingerprint density at radius 3 is 3.11 bits per heavy atom. The Labute approximate surface area is 104 Å². The second kappa shape index (κ2) is 5.18. The SMILES string of the molecule is COC[C@H]1CCCN1C(=O)c1nc[nH]c1C(=O)O. The highest BCUT2D eigenvalue weighted by molar-refractivity contribution is 6.02. The van der Waals surface area contributed by atoms with E-state index in [4.69, 9.17) is 9.84 Å². The van der Waals surface area contributed by atoms with Gasteiger partial charge in [-0.15, -0.1) is 0 Å². The summed E-state index contributed by atoms with van der Waals surface area (Å²) in [6, 6.07) is 0.000782. The summed E-state index contributed by atoms with van der Waals surface area (Å²) in [6.45, 7) is 1.07. The van der Waals surface area contributed by atoms with Gasteiger partial charge in [-0.1, -0.05) is 0 Å². The fourth-order valence-corrected chi connectivity index (χ4v) is 2.22. The van der Waals surface area contributed by atoms with Gasteiger partial charge in [-0.05, 0) is 12.8 Å². The number of ether oxygens (including phenoxy) is 1. The van der Waals surface area contributed by atoms with Crippen LogP contribution in [0.25, 0.3) is 0 Å². The molecule has 2 rings (SSSR count). The molecule has 1 aromatic heterocycles. The third kappa shape index (κ3) is 2.21. The number of H-pyrrole nitrogens is 1. The number of nitrogens with one attached hydrogen (secondary N) is 1. The van der Waals surface area contributed by atoms with Gasteiger partial charge < -0.3 is 19.7 Å². The second-order valence-electron chi connectivity index (χ2n) is 4.18. The highest BCUT2D eigenvalue weighted by Crippen LogP contribution is 2.20. The van der Waals surface area contributed by atoms with Crippen LogP contribution in [0.3, 0.4) is 0 Å². The van der Waals surface area contributed by atoms with E-state index in [1.807, 2.05) is 0 Å². The minimum Gasteiger partial charge on any atom is -0.477 e. The molecule has 1 atom stereocenters. The zero-order valence-electron chi connectivity index (χ0n) is 10.0. The van der Waals surface area contributed by atoms with Crippen molar-refractivity contribution >= 4 is 11.9 Å². The van der Waals surface area contributed by atoms with Gasteiger partial charge in [0, 0.05) is 13.7 Å². The van der Waals surface area contributed by atoms with E-state index in [1.54, 1.807) is 12.0 Å². The Hall–Kier alpha value is -1.89. The number of hydrogen-bond acceptors (Lipinski definition) is 4. The minimum atomic E-state index is -1.18. The topological polar surface area (TPSA) is 95.5 Å². The summed E-state index contributed by atoms with van der Waals surface area (Å²) in [5, 5.41) is 8.95. The molecule has 1 amide bonds. The average molecular weight is 253 g/mol. The predicted molar refractivity (Wildman–Crippen MR) is 61.5 cm³/mol. The van der Waals surface area contributed by atoms with E-state index in [0.717, 1.165) is 12.8 Å². The van der Waals surface area contributed by atoms with E-state index >= 15 is 0 Å². The lowest BCUT2D eigenvalue weighted by Gasteiger charge is -2.23. The van der Waals surface area contributed by atoms with Gasteiger partial charge in [0.25, 0.3) is 5.91 Å². The Balaban J connectivity index is 2.20. The van der Waals surface area contributed by atoms with Crippen LogP contribution in [0.2, 0.25) is 0 Å². The maximum absolute atomic E-state index is 12.2. The first kappa shape index (κ1) is 12.6. The number of carboxylic acids is 1. The van der Waals surface area contributed by atoms with Crippen LogP contribution in [0.4, 0.5) is 0 Å². The van der Waals surface area contributed by atoms with Crippen LogP contribution >= 0.6 is 0 Å². The summed E-state index contributed by atoms with van der Waals surface area (Å²) in [4.78, 5) is 31.1. The van der Waals surface area contributed by atoms with Gasteiger partial charge in [0.15, 0.2) is 11.4 Å². The summed E-state index contributed by atoms with van der Waals surface area (Å²) in [5.74, 6) is -1.54. The Morgan fingerprint density at radius 2 is 2.44 bits per heavy atom. The van der Waals surface area contributed by atoms with E-state index < -0.39 is 5.97 Å². The number of aromatic carboxylic acids is 1. The summed E-state index contributed by atoms with van der Waals surface area (Å²) in [7, 11) is 1.58. The van der Waals surface area contributed by atoms with Crippen molar-refractivity contribution < 1.29 is 19.4 Å². The highest BCUT2D eigenvalue weighted by Gasteiger charge is 2.32. The molecule has 0 bridgehead atoms. The number of hydrogen-bond donors (Lipinski definition) is 2. The lowest BCUT2D eigenvalue weighted by Crippen LogP contribution is -2.38. The quantitative estimate of drug-likeness (QED) is 0.807. The molecule has 7 nitrogen and oxygen atoms in total. The largest absolute Gasteiger partial charge is 0.477 e. The van der Waals surface area contributed by atoms with Crippen molar-refractivity contribution in [1.82, 2.24) is 14.9 Å². The number of methoxy groups -OCH3 is 1. The number of likely N-dealkylation sites (tertiary alicyclic amines) is 1. The van der Waals surface area contributed by atoms with E-state index in [2.05, 4.69) is 9.97 Å². The number of nitrogens with zero attached hydrogens (tertiary/aromatic N) is 2. The third-order valence-electron chi connectivity index (χ3n) is 3.05. The standard InChI is InChI=1S/C11H15N3O4/c1-18-5-7-3-2-4-14(7)10(15)8-9(11(16)17)13-6-12-8/h6-7H,2-5H2,1H3,(H,12,13)(H,16,17)/t7-/m1/s1. The van der Waals surface area contributed by atoms with Gasteiger partial charge >= 0.3 is 5.97 Å². The van der Waals surface area contributed by atoms with E-state index in [9.17, 15) is 9.59 Å². The van der Waals surface area contributed by atoms with E-state index in [-0.39, 0.29) is 23.3 Å². The molecule has 1 saturated heterocycles. The van der Waals surface area contributed by atoms with Crippen LogP contribution in [-0.2, 0) is 4.74 Å². The zero-order chi connectivity index (χ0) is 13.1. The minimum absolute atomic E-state index is 0.000782. The van der Waals surface area contributed by atoms with Crippen LogP contribution in [0.15, 0.2) is 6.33 Å². The molecule has 0 aliphatic carbocycles. The molecule has 2 heterocycles. The molecule has 0 saturated carbocycles. The van der Waals surface area contributed by atoms with Gasteiger partial charge in [0.05, 0.1) is 19.0 Å². The zero-order valence-corrected chi connectivity index (χ0v) is 10.0. The number of aromatic nitrogens is 2. The fraction of sp³-hybridized carbons (Fsp3) is 0.545. The third-order valence-corrected chi connectivity index (χ3v) is 3.05. The monoisotopic (exact) mass is 253 g/mol. The highest BCUT2D eigenvalue weighted by atomic mass is 16.5. The number of carbonyl (C=O) groups excluding carboxylic acids is 1. The molecule has 1 aliphatic heterocycles. The van der Waals surface area contributed by atoms with Gasteiger partial charge in [0.2, 0.25) is 0 Å². The molecule has 0 radical (unpaired) electrons. The van der Waals surface area contributed by atoms with E-state index in [0.29, 0.717) is 13.2 Å². The van der Waals surface area contributed by atoms with Crippen LogP contribution in [0, 0.1) is 0 Å². The molecule has 1 aromatic rings. The van der Waals surface area contributed by atoms with Crippen LogP contribution in [-0.4, -0.2) is 58.2 Å². The van der Waals surface area contributed by atoms with Gasteiger partial charge in [-0.3, -0.25) is 4.79 Å². The lowest BCUT2D eigenvalue weighted by molar-refractivity contribution is 0.0605. The van der Waals surface area contributed by atoms with Crippen LogP contribution < -0.4 is 0 Å². The smallest absolute Gasteiger partial charge is 0.354 e. The number of rotatable bonds is 4. The Bertz CT molecular complexity index is 457. The summed E-state index contributed by atoms with van der Waals surface area (Å²) >= 11 is 0. The van der Waals surface area contributed by atoms with Crippen molar-refractivity contribution in [1.29, 1.82) is 0 Å². The van der Waals surface area contributed by atoms with Crippen molar-refractivity contribution in [2.24, 2.45) is 0 Å². The maximum Gasteiger partial charge on any atom is 0.354 e. The number of amides is 1. The lowest BCUT2D eigenvalue weighted by atomic mass is 10.2. The van der Waals surface area contributed by atoms with Crippen molar-refractivity contribution in [2.45, 2.75) is 18.9 Å². The maximum atomic E-state index is 12.2. The first-order valence-corrected chi connectivity index (χ1v) is 5.71. The van der Waals surface area contributed by atoms with Crippen molar-refractivity contribution in [3.63, 3.8) is 0 Å². The molecule has 0 spiro atoms. The molecule has 0 unspecified atom stereocenters. The molecule has 98 valence electrons. The fourth-order valence-electron chi connectivity index (χ4n) is 2.22. The average Bonchev–Trinajstić information content (AvgIpc) is 2.96. The number of imidazole rings is 1. The molecule has 1 fully saturated rings. The van der Waals surface area contributed by atoms with E-state index in [1.165, 1.54) is 6.33 Å². The predicted octanol–water partition coefficient (Wildman–Crippen LogP) is 0.359. The van der Waals surface area contributed by atoms with Gasteiger partial charge in [-0.25, -0.2) is 9.78 Å². The molecule has 1 aliphatic rings. The molecule has 0 aromatic carbocycles. The summed E-state index contributed by atoms with van der Waals surface area (Å²) < 4.78 is 5.06. The first-order chi connectivity index (χ1) is 8.65. The Kier molecular flexibility index (Phi) is 3.61. The van der Waals surface area contributed by atoms with Crippen LogP contribution in [0.1, 0.15) is 33.8 Å². The van der Waals surface area contributed by atoms with Crippen molar-refractivity contribution in [3.05, 3.63) is 17.7 Å². The first-order valence-electron chi connectivity index (χ1n) is 5.71. The van der Waals surface area contributed by atoms with Crippen LogP contribution in [0.5, 0.6) is 0 Å². The molecular formula is C11H15N3O4. The summed E-state index contributed by atoms with van der Waals surface area (Å²) in [5.41, 5.74) is -0.200. The number of carbonyl (C=O) groups is 2. The molecule has 2 N–H and O–H groups in total. The molecule has 7 heteroatoms. The summed E-state index contributed by atoms with van der Waals surface area (Å²) in [6.07, 6.45) is 2.98. The number of carboxylic acid groups (broad SMARTS) is 1. The normalized spacial score (nSPS) is 19.2. The molecule has 18 heavy (non-hydrogen) atoms.